The van der Waals surface area contributed by atoms with Crippen molar-refractivity contribution in [2.75, 3.05) is 5.32 Å². The topological polar surface area (TPSA) is 116 Å². The first kappa shape index (κ1) is 20.8. The summed E-state index contributed by atoms with van der Waals surface area (Å²) in [7, 11) is -3.93. The van der Waals surface area contributed by atoms with Crippen LogP contribution in [0, 0.1) is 5.82 Å². The number of hydrogen-bond donors (Lipinski definition) is 2. The molecule has 7 nitrogen and oxygen atoms in total. The number of rotatable bonds is 6. The Morgan fingerprint density at radius 1 is 1.26 bits per heavy atom. The summed E-state index contributed by atoms with van der Waals surface area (Å²) in [6, 6.07) is 9.27. The second kappa shape index (κ2) is 8.47. The van der Waals surface area contributed by atoms with Crippen LogP contribution in [0.2, 0.25) is 5.02 Å². The Kier molecular flexibility index (Phi) is 6.53. The molecular weight excluding hydrogens is 399 g/mol. The number of esters is 1. The maximum Gasteiger partial charge on any atom is 0.311 e. The van der Waals surface area contributed by atoms with E-state index < -0.39 is 40.2 Å². The molecule has 10 heteroatoms. The Balaban J connectivity index is 2.00. The van der Waals surface area contributed by atoms with E-state index in [4.69, 9.17) is 21.5 Å². The van der Waals surface area contributed by atoms with E-state index in [-0.39, 0.29) is 21.2 Å². The van der Waals surface area contributed by atoms with Crippen molar-refractivity contribution in [2.24, 2.45) is 5.14 Å². The highest BCUT2D eigenvalue weighted by Gasteiger charge is 2.20. The molecule has 0 bridgehead atoms. The largest absolute Gasteiger partial charge is 0.452 e. The molecule has 0 spiro atoms. The van der Waals surface area contributed by atoms with Gasteiger partial charge >= 0.3 is 5.97 Å². The highest BCUT2D eigenvalue weighted by Crippen LogP contribution is 2.20. The fraction of sp³-hybridized carbons (Fsp3) is 0.176. The van der Waals surface area contributed by atoms with Crippen LogP contribution in [0.1, 0.15) is 12.5 Å². The zero-order valence-corrected chi connectivity index (χ0v) is 15.7. The Hall–Kier alpha value is -2.49. The van der Waals surface area contributed by atoms with E-state index in [1.165, 1.54) is 43.3 Å². The lowest BCUT2D eigenvalue weighted by Gasteiger charge is -2.14. The van der Waals surface area contributed by atoms with Crippen molar-refractivity contribution >= 4 is 39.2 Å². The van der Waals surface area contributed by atoms with Gasteiger partial charge in [0.15, 0.2) is 6.10 Å². The minimum Gasteiger partial charge on any atom is -0.452 e. The van der Waals surface area contributed by atoms with Crippen LogP contribution in [0.5, 0.6) is 0 Å². The molecule has 2 aromatic rings. The van der Waals surface area contributed by atoms with Crippen LogP contribution < -0.4 is 10.5 Å². The quantitative estimate of drug-likeness (QED) is 0.703. The third kappa shape index (κ3) is 5.75. The van der Waals surface area contributed by atoms with Gasteiger partial charge in [-0.15, -0.1) is 0 Å². The number of sulfonamides is 1. The number of nitrogens with one attached hydrogen (secondary N) is 1. The molecule has 27 heavy (non-hydrogen) atoms. The summed E-state index contributed by atoms with van der Waals surface area (Å²) in [4.78, 5) is 23.9. The van der Waals surface area contributed by atoms with Crippen LogP contribution >= 0.6 is 11.6 Å². The zero-order valence-electron chi connectivity index (χ0n) is 14.1. The van der Waals surface area contributed by atoms with E-state index in [9.17, 15) is 22.4 Å². The molecule has 0 aliphatic carbocycles. The van der Waals surface area contributed by atoms with Gasteiger partial charge in [-0.05, 0) is 37.3 Å². The minimum absolute atomic E-state index is 0.0300. The number of ether oxygens (including phenoxy) is 1. The second-order valence-corrected chi connectivity index (χ2v) is 7.54. The van der Waals surface area contributed by atoms with E-state index in [0.717, 1.165) is 6.07 Å². The molecule has 1 amide bonds. The van der Waals surface area contributed by atoms with Gasteiger partial charge in [0, 0.05) is 16.3 Å². The number of halogens is 2. The lowest BCUT2D eigenvalue weighted by Crippen LogP contribution is -2.30. The minimum atomic E-state index is -3.93. The van der Waals surface area contributed by atoms with Gasteiger partial charge in [0.1, 0.15) is 5.82 Å². The molecule has 0 heterocycles. The van der Waals surface area contributed by atoms with Gasteiger partial charge in [-0.25, -0.2) is 17.9 Å². The molecular formula is C17H16ClFN2O5S. The van der Waals surface area contributed by atoms with Gasteiger partial charge in [-0.1, -0.05) is 23.7 Å². The van der Waals surface area contributed by atoms with Crippen LogP contribution in [0.4, 0.5) is 10.1 Å². The molecule has 0 saturated heterocycles. The highest BCUT2D eigenvalue weighted by molar-refractivity contribution is 7.89. The Morgan fingerprint density at radius 2 is 1.93 bits per heavy atom. The van der Waals surface area contributed by atoms with Gasteiger partial charge in [0.25, 0.3) is 5.91 Å². The third-order valence-corrected chi connectivity index (χ3v) is 4.76. The number of primary sulfonamides is 1. The molecule has 0 fully saturated rings. The van der Waals surface area contributed by atoms with Crippen LogP contribution in [-0.2, 0) is 30.8 Å². The number of amides is 1. The van der Waals surface area contributed by atoms with Crippen molar-refractivity contribution in [3.05, 3.63) is 58.9 Å². The van der Waals surface area contributed by atoms with E-state index in [0.29, 0.717) is 0 Å². The number of carbonyl (C=O) groups excluding carboxylic acids is 2. The molecule has 1 atom stereocenters. The summed E-state index contributed by atoms with van der Waals surface area (Å²) in [6.45, 7) is 1.32. The third-order valence-electron chi connectivity index (χ3n) is 3.49. The van der Waals surface area contributed by atoms with E-state index in [1.807, 2.05) is 0 Å². The van der Waals surface area contributed by atoms with Gasteiger partial charge in [-0.3, -0.25) is 9.59 Å². The summed E-state index contributed by atoms with van der Waals surface area (Å²) in [5, 5.41) is 7.51. The molecule has 0 aliphatic rings. The Morgan fingerprint density at radius 3 is 2.56 bits per heavy atom. The summed E-state index contributed by atoms with van der Waals surface area (Å²) in [5.74, 6) is -2.20. The first-order valence-electron chi connectivity index (χ1n) is 7.64. The van der Waals surface area contributed by atoms with Crippen molar-refractivity contribution in [3.8, 4) is 0 Å². The van der Waals surface area contributed by atoms with E-state index in [2.05, 4.69) is 5.32 Å². The van der Waals surface area contributed by atoms with Gasteiger partial charge in [0.05, 0.1) is 11.3 Å². The zero-order chi connectivity index (χ0) is 20.2. The van der Waals surface area contributed by atoms with Crippen LogP contribution in [-0.4, -0.2) is 26.4 Å². The lowest BCUT2D eigenvalue weighted by atomic mass is 10.1. The number of nitrogens with two attached hydrogens (primary N) is 1. The van der Waals surface area contributed by atoms with Crippen molar-refractivity contribution < 1.29 is 27.1 Å². The molecule has 0 aliphatic heterocycles. The summed E-state index contributed by atoms with van der Waals surface area (Å²) in [6.07, 6.45) is -1.65. The lowest BCUT2D eigenvalue weighted by molar-refractivity contribution is -0.152. The molecule has 0 aromatic heterocycles. The summed E-state index contributed by atoms with van der Waals surface area (Å²) < 4.78 is 41.3. The Labute approximate surface area is 160 Å². The number of anilines is 1. The molecule has 144 valence electrons. The molecule has 0 radical (unpaired) electrons. The van der Waals surface area contributed by atoms with Crippen molar-refractivity contribution in [3.63, 3.8) is 0 Å². The molecule has 2 rings (SSSR count). The van der Waals surface area contributed by atoms with Crippen LogP contribution in [0.3, 0.4) is 0 Å². The van der Waals surface area contributed by atoms with Crippen molar-refractivity contribution in [1.82, 2.24) is 0 Å². The molecule has 3 N–H and O–H groups in total. The predicted molar refractivity (Wildman–Crippen MR) is 97.1 cm³/mol. The molecule has 2 aromatic carbocycles. The summed E-state index contributed by atoms with van der Waals surface area (Å²) >= 11 is 5.85. The SMILES string of the molecule is CC(OC(=O)Cc1c(F)cccc1Cl)C(=O)Nc1cccc(S(N)(=O)=O)c1. The Bertz CT molecular complexity index is 961. The first-order chi connectivity index (χ1) is 12.6. The smallest absolute Gasteiger partial charge is 0.311 e. The van der Waals surface area contributed by atoms with E-state index >= 15 is 0 Å². The maximum absolute atomic E-state index is 13.7. The van der Waals surface area contributed by atoms with E-state index in [1.54, 1.807) is 0 Å². The van der Waals surface area contributed by atoms with Crippen molar-refractivity contribution in [1.29, 1.82) is 0 Å². The van der Waals surface area contributed by atoms with Gasteiger partial charge < -0.3 is 10.1 Å². The summed E-state index contributed by atoms with van der Waals surface area (Å²) in [5.41, 5.74) is 0.129. The van der Waals surface area contributed by atoms with Crippen LogP contribution in [0.25, 0.3) is 0 Å². The molecule has 0 saturated carbocycles. The van der Waals surface area contributed by atoms with Gasteiger partial charge in [-0.2, -0.15) is 0 Å². The second-order valence-electron chi connectivity index (χ2n) is 5.57. The average molecular weight is 415 g/mol. The predicted octanol–water partition coefficient (Wildman–Crippen LogP) is 2.24. The highest BCUT2D eigenvalue weighted by atomic mass is 35.5. The number of carbonyl (C=O) groups is 2. The first-order valence-corrected chi connectivity index (χ1v) is 9.56. The molecule has 1 unspecified atom stereocenters. The standard InChI is InChI=1S/C17H16ClFN2O5S/c1-10(26-16(22)9-13-14(18)6-3-7-15(13)19)17(23)21-11-4-2-5-12(8-11)27(20,24)25/h2-8,10H,9H2,1H3,(H,21,23)(H2,20,24,25). The normalized spacial score (nSPS) is 12.3. The average Bonchev–Trinajstić information content (AvgIpc) is 2.57. The fourth-order valence-electron chi connectivity index (χ4n) is 2.13. The van der Waals surface area contributed by atoms with Crippen molar-refractivity contribution in [2.45, 2.75) is 24.3 Å². The van der Waals surface area contributed by atoms with Crippen LogP contribution in [0.15, 0.2) is 47.4 Å². The number of benzene rings is 2. The fourth-order valence-corrected chi connectivity index (χ4v) is 2.92. The van der Waals surface area contributed by atoms with Gasteiger partial charge in [0.2, 0.25) is 10.0 Å². The maximum atomic E-state index is 13.7. The monoisotopic (exact) mass is 414 g/mol. The number of hydrogen-bond acceptors (Lipinski definition) is 5.